The van der Waals surface area contributed by atoms with Gasteiger partial charge in [-0.1, -0.05) is 63.2 Å². The number of rotatable bonds is 5. The highest BCUT2D eigenvalue weighted by molar-refractivity contribution is 7.92. The number of hydrogen-bond acceptors (Lipinski definition) is 3. The van der Waals surface area contributed by atoms with Crippen molar-refractivity contribution >= 4 is 26.5 Å². The van der Waals surface area contributed by atoms with Crippen LogP contribution in [0.3, 0.4) is 0 Å². The Hall–Kier alpha value is -3.31. The Labute approximate surface area is 183 Å². The van der Waals surface area contributed by atoms with E-state index in [4.69, 9.17) is 4.74 Å². The first-order valence-corrected chi connectivity index (χ1v) is 11.6. The number of benzene rings is 4. The van der Waals surface area contributed by atoms with Crippen LogP contribution in [0.25, 0.3) is 10.8 Å². The molecule has 0 unspecified atom stereocenters. The van der Waals surface area contributed by atoms with Crippen molar-refractivity contribution in [2.45, 2.75) is 31.1 Å². The molecular formula is C26H25NO3S. The predicted molar refractivity (Wildman–Crippen MR) is 126 cm³/mol. The molecule has 0 aliphatic carbocycles. The summed E-state index contributed by atoms with van der Waals surface area (Å²) in [7, 11) is -3.69. The van der Waals surface area contributed by atoms with E-state index in [1.54, 1.807) is 36.4 Å². The fourth-order valence-electron chi connectivity index (χ4n) is 3.30. The third-order valence-corrected chi connectivity index (χ3v) is 6.47. The van der Waals surface area contributed by atoms with Crippen molar-refractivity contribution in [2.75, 3.05) is 4.72 Å². The van der Waals surface area contributed by atoms with Crippen LogP contribution in [0.5, 0.6) is 11.5 Å². The molecule has 31 heavy (non-hydrogen) atoms. The number of hydrogen-bond donors (Lipinski definition) is 1. The summed E-state index contributed by atoms with van der Waals surface area (Å²) in [6, 6.07) is 27.6. The van der Waals surface area contributed by atoms with E-state index < -0.39 is 10.0 Å². The molecule has 4 rings (SSSR count). The summed E-state index contributed by atoms with van der Waals surface area (Å²) in [5.74, 6) is 1.37. The summed E-state index contributed by atoms with van der Waals surface area (Å²) in [5.41, 5.74) is 1.80. The number of nitrogens with one attached hydrogen (secondary N) is 1. The number of sulfonamides is 1. The standard InChI is InChI=1S/C26H25NO3S/c1-26(2,3)21-9-13-23(14-10-21)30-24-15-11-22(12-16-24)27-31(28,29)25-17-8-19-6-4-5-7-20(19)18-25/h4-18,27H,1-3H3. The van der Waals surface area contributed by atoms with Crippen LogP contribution in [-0.2, 0) is 15.4 Å². The summed E-state index contributed by atoms with van der Waals surface area (Å²) < 4.78 is 34.1. The van der Waals surface area contributed by atoms with Crippen LogP contribution in [0.1, 0.15) is 26.3 Å². The van der Waals surface area contributed by atoms with E-state index in [-0.39, 0.29) is 10.3 Å². The molecule has 5 heteroatoms. The van der Waals surface area contributed by atoms with Gasteiger partial charge in [0, 0.05) is 5.69 Å². The molecule has 0 atom stereocenters. The van der Waals surface area contributed by atoms with Crippen molar-refractivity contribution in [2.24, 2.45) is 0 Å². The van der Waals surface area contributed by atoms with Gasteiger partial charge in [0.15, 0.2) is 0 Å². The molecule has 0 heterocycles. The average molecular weight is 432 g/mol. The lowest BCUT2D eigenvalue weighted by molar-refractivity contribution is 0.481. The topological polar surface area (TPSA) is 55.4 Å². The molecule has 0 amide bonds. The maximum absolute atomic E-state index is 12.8. The lowest BCUT2D eigenvalue weighted by Gasteiger charge is -2.19. The summed E-state index contributed by atoms with van der Waals surface area (Å²) in [6.07, 6.45) is 0. The zero-order valence-corrected chi connectivity index (χ0v) is 18.6. The monoisotopic (exact) mass is 431 g/mol. The largest absolute Gasteiger partial charge is 0.457 e. The Morgan fingerprint density at radius 3 is 1.90 bits per heavy atom. The molecule has 0 radical (unpaired) electrons. The number of fused-ring (bicyclic) bond motifs is 1. The maximum Gasteiger partial charge on any atom is 0.261 e. The molecule has 0 aromatic heterocycles. The van der Waals surface area contributed by atoms with Gasteiger partial charge in [0.1, 0.15) is 11.5 Å². The van der Waals surface area contributed by atoms with E-state index in [0.29, 0.717) is 11.4 Å². The molecule has 158 valence electrons. The summed E-state index contributed by atoms with van der Waals surface area (Å²) in [4.78, 5) is 0.227. The van der Waals surface area contributed by atoms with Gasteiger partial charge < -0.3 is 4.74 Å². The lowest BCUT2D eigenvalue weighted by Crippen LogP contribution is -2.12. The molecular weight excluding hydrogens is 406 g/mol. The molecule has 0 aliphatic heterocycles. The van der Waals surface area contributed by atoms with Crippen molar-refractivity contribution in [3.63, 3.8) is 0 Å². The Bertz CT molecular complexity index is 1300. The van der Waals surface area contributed by atoms with Crippen LogP contribution in [0.15, 0.2) is 95.9 Å². The smallest absolute Gasteiger partial charge is 0.261 e. The van der Waals surface area contributed by atoms with Gasteiger partial charge in [0.05, 0.1) is 4.90 Å². The Morgan fingerprint density at radius 2 is 1.29 bits per heavy atom. The first kappa shape index (κ1) is 20.9. The second kappa shape index (κ2) is 8.08. The van der Waals surface area contributed by atoms with E-state index in [0.717, 1.165) is 16.5 Å². The van der Waals surface area contributed by atoms with E-state index in [2.05, 4.69) is 37.6 Å². The Balaban J connectivity index is 1.47. The number of anilines is 1. The first-order valence-electron chi connectivity index (χ1n) is 10.1. The lowest BCUT2D eigenvalue weighted by atomic mass is 9.87. The van der Waals surface area contributed by atoms with Crippen molar-refractivity contribution in [1.82, 2.24) is 0 Å². The molecule has 4 nitrogen and oxygen atoms in total. The van der Waals surface area contributed by atoms with Crippen LogP contribution >= 0.6 is 0 Å². The van der Waals surface area contributed by atoms with Crippen LogP contribution in [0.2, 0.25) is 0 Å². The van der Waals surface area contributed by atoms with Crippen molar-refractivity contribution < 1.29 is 13.2 Å². The van der Waals surface area contributed by atoms with Gasteiger partial charge in [0.25, 0.3) is 10.0 Å². The normalized spacial score (nSPS) is 12.0. The molecule has 0 bridgehead atoms. The van der Waals surface area contributed by atoms with Gasteiger partial charge in [0.2, 0.25) is 0 Å². The molecule has 0 aliphatic rings. The molecule has 0 fully saturated rings. The Morgan fingerprint density at radius 1 is 0.710 bits per heavy atom. The molecule has 4 aromatic rings. The second-order valence-corrected chi connectivity index (χ2v) is 10.2. The fraction of sp³-hybridized carbons (Fsp3) is 0.154. The fourth-order valence-corrected chi connectivity index (χ4v) is 4.39. The quantitative estimate of drug-likeness (QED) is 0.381. The van der Waals surface area contributed by atoms with Crippen molar-refractivity contribution in [3.8, 4) is 11.5 Å². The van der Waals surface area contributed by atoms with Gasteiger partial charge in [-0.15, -0.1) is 0 Å². The summed E-state index contributed by atoms with van der Waals surface area (Å²) >= 11 is 0. The third-order valence-electron chi connectivity index (χ3n) is 5.09. The van der Waals surface area contributed by atoms with Crippen LogP contribution < -0.4 is 9.46 Å². The van der Waals surface area contributed by atoms with Crippen LogP contribution in [-0.4, -0.2) is 8.42 Å². The second-order valence-electron chi connectivity index (χ2n) is 8.52. The maximum atomic E-state index is 12.8. The Kier molecular flexibility index (Phi) is 5.46. The van der Waals surface area contributed by atoms with Gasteiger partial charge in [-0.05, 0) is 70.3 Å². The minimum Gasteiger partial charge on any atom is -0.457 e. The average Bonchev–Trinajstić information content (AvgIpc) is 2.74. The molecule has 0 spiro atoms. The van der Waals surface area contributed by atoms with Gasteiger partial charge >= 0.3 is 0 Å². The zero-order valence-electron chi connectivity index (χ0n) is 17.8. The molecule has 0 saturated carbocycles. The third kappa shape index (κ3) is 4.89. The molecule has 0 saturated heterocycles. The highest BCUT2D eigenvalue weighted by Crippen LogP contribution is 2.28. The van der Waals surface area contributed by atoms with Crippen molar-refractivity contribution in [3.05, 3.63) is 96.6 Å². The highest BCUT2D eigenvalue weighted by atomic mass is 32.2. The SMILES string of the molecule is CC(C)(C)c1ccc(Oc2ccc(NS(=O)(=O)c3ccc4ccccc4c3)cc2)cc1. The van der Waals surface area contributed by atoms with Crippen molar-refractivity contribution in [1.29, 1.82) is 0 Å². The molecule has 4 aromatic carbocycles. The minimum atomic E-state index is -3.69. The van der Waals surface area contributed by atoms with E-state index in [1.165, 1.54) is 5.56 Å². The summed E-state index contributed by atoms with van der Waals surface area (Å²) in [5, 5.41) is 1.88. The van der Waals surface area contributed by atoms with E-state index in [1.807, 2.05) is 42.5 Å². The van der Waals surface area contributed by atoms with Gasteiger partial charge in [-0.3, -0.25) is 4.72 Å². The summed E-state index contributed by atoms with van der Waals surface area (Å²) in [6.45, 7) is 6.50. The minimum absolute atomic E-state index is 0.0857. The molecule has 1 N–H and O–H groups in total. The number of ether oxygens (including phenoxy) is 1. The van der Waals surface area contributed by atoms with E-state index >= 15 is 0 Å². The van der Waals surface area contributed by atoms with E-state index in [9.17, 15) is 8.42 Å². The van der Waals surface area contributed by atoms with Crippen LogP contribution in [0, 0.1) is 0 Å². The highest BCUT2D eigenvalue weighted by Gasteiger charge is 2.15. The first-order chi connectivity index (χ1) is 14.7. The predicted octanol–water partition coefficient (Wildman–Crippen LogP) is 6.73. The van der Waals surface area contributed by atoms with Gasteiger partial charge in [-0.2, -0.15) is 0 Å². The van der Waals surface area contributed by atoms with Gasteiger partial charge in [-0.25, -0.2) is 8.42 Å². The van der Waals surface area contributed by atoms with Crippen LogP contribution in [0.4, 0.5) is 5.69 Å². The zero-order chi connectivity index (χ0) is 22.1.